The molecule has 2 aromatic carbocycles. The molecule has 1 saturated carbocycles. The van der Waals surface area contributed by atoms with E-state index in [1.165, 1.54) is 0 Å². The second kappa shape index (κ2) is 12.4. The Morgan fingerprint density at radius 1 is 1.00 bits per heavy atom. The quantitative estimate of drug-likeness (QED) is 0.106. The van der Waals surface area contributed by atoms with Crippen LogP contribution in [0.3, 0.4) is 0 Å². The molecular formula is C36H44N7O2+. The molecule has 2 aliphatic rings. The average Bonchev–Trinajstić information content (AvgIpc) is 3.71. The summed E-state index contributed by atoms with van der Waals surface area (Å²) in [4.78, 5) is 13.5. The maximum atomic E-state index is 13.5. The normalized spacial score (nSPS) is 18.3. The number of carbonyl (C=O) groups is 1. The van der Waals surface area contributed by atoms with Crippen molar-refractivity contribution in [3.63, 3.8) is 0 Å². The van der Waals surface area contributed by atoms with Gasteiger partial charge >= 0.3 is 6.03 Å². The van der Waals surface area contributed by atoms with Crippen molar-refractivity contribution in [2.45, 2.75) is 83.8 Å². The van der Waals surface area contributed by atoms with Crippen LogP contribution in [0.1, 0.15) is 93.8 Å². The van der Waals surface area contributed by atoms with Crippen LogP contribution in [0.2, 0.25) is 0 Å². The van der Waals surface area contributed by atoms with Gasteiger partial charge in [0.25, 0.3) is 0 Å². The van der Waals surface area contributed by atoms with Gasteiger partial charge in [0.2, 0.25) is 11.7 Å². The zero-order valence-corrected chi connectivity index (χ0v) is 26.6. The number of anilines is 2. The Labute approximate surface area is 265 Å². The second-order valence-electron chi connectivity index (χ2n) is 13.4. The number of carbonyl (C=O) groups excluding carboxylic acids is 1. The van der Waals surface area contributed by atoms with E-state index in [0.29, 0.717) is 29.6 Å². The molecule has 0 unspecified atom stereocenters. The van der Waals surface area contributed by atoms with E-state index in [1.807, 2.05) is 67.7 Å². The highest BCUT2D eigenvalue weighted by atomic mass is 16.5. The molecule has 1 fully saturated rings. The molecule has 2 atom stereocenters. The predicted octanol–water partition coefficient (Wildman–Crippen LogP) is 7.14. The molecule has 0 bridgehead atoms. The van der Waals surface area contributed by atoms with Crippen molar-refractivity contribution in [1.82, 2.24) is 15.1 Å². The summed E-state index contributed by atoms with van der Waals surface area (Å²) >= 11 is 0. The molecule has 2 aliphatic carbocycles. The third-order valence-electron chi connectivity index (χ3n) is 8.97. The number of pyridine rings is 1. The van der Waals surface area contributed by atoms with Gasteiger partial charge in [-0.05, 0) is 61.9 Å². The van der Waals surface area contributed by atoms with Crippen molar-refractivity contribution >= 4 is 23.5 Å². The summed E-state index contributed by atoms with van der Waals surface area (Å²) in [7, 11) is 0. The van der Waals surface area contributed by atoms with E-state index < -0.39 is 0 Å². The maximum absolute atomic E-state index is 13.5. The van der Waals surface area contributed by atoms with Gasteiger partial charge in [-0.1, -0.05) is 75.6 Å². The van der Waals surface area contributed by atoms with E-state index in [4.69, 9.17) is 21.0 Å². The topological polar surface area (TPSA) is 122 Å². The van der Waals surface area contributed by atoms with Crippen LogP contribution in [0.25, 0.3) is 5.69 Å². The molecular weight excluding hydrogens is 562 g/mol. The van der Waals surface area contributed by atoms with E-state index in [2.05, 4.69) is 43.5 Å². The summed E-state index contributed by atoms with van der Waals surface area (Å²) in [6.45, 7) is 8.38. The monoisotopic (exact) mass is 606 g/mol. The van der Waals surface area contributed by atoms with Gasteiger partial charge in [0, 0.05) is 23.5 Å². The lowest BCUT2D eigenvalue weighted by atomic mass is 9.85. The van der Waals surface area contributed by atoms with E-state index in [1.54, 1.807) is 9.25 Å². The first-order valence-electron chi connectivity index (χ1n) is 16.0. The third kappa shape index (κ3) is 6.57. The minimum atomic E-state index is -0.284. The molecule has 0 radical (unpaired) electrons. The Kier molecular flexibility index (Phi) is 8.36. The van der Waals surface area contributed by atoms with Crippen molar-refractivity contribution in [2.75, 3.05) is 11.1 Å². The van der Waals surface area contributed by atoms with Gasteiger partial charge in [0.05, 0.1) is 17.4 Å². The average molecular weight is 607 g/mol. The number of nitrogens with one attached hydrogen (secondary N) is 3. The lowest BCUT2D eigenvalue weighted by molar-refractivity contribution is -0.546. The number of hydrogen-bond acceptors (Lipinski definition) is 5. The number of benzene rings is 2. The first-order chi connectivity index (χ1) is 21.6. The molecule has 4 aromatic rings. The molecule has 0 spiro atoms. The number of fused-ring (bicyclic) bond motifs is 1. The lowest BCUT2D eigenvalue weighted by Crippen LogP contribution is -2.48. The Balaban J connectivity index is 1.19. The van der Waals surface area contributed by atoms with Crippen molar-refractivity contribution in [2.24, 2.45) is 5.92 Å². The Hall–Kier alpha value is -4.66. The molecule has 234 valence electrons. The largest absolute Gasteiger partial charge is 0.483 e. The predicted molar refractivity (Wildman–Crippen MR) is 177 cm³/mol. The smallest absolute Gasteiger partial charge is 0.320 e. The van der Waals surface area contributed by atoms with E-state index in [9.17, 15) is 4.79 Å². The number of amides is 2. The summed E-state index contributed by atoms with van der Waals surface area (Å²) in [5.74, 6) is 2.60. The highest BCUT2D eigenvalue weighted by Crippen LogP contribution is 2.39. The summed E-state index contributed by atoms with van der Waals surface area (Å²) in [5.41, 5.74) is 11.1. The molecule has 0 saturated heterocycles. The van der Waals surface area contributed by atoms with Gasteiger partial charge in [-0.15, -0.1) is 0 Å². The van der Waals surface area contributed by atoms with Crippen molar-refractivity contribution < 1.29 is 14.1 Å². The van der Waals surface area contributed by atoms with Crippen LogP contribution in [-0.2, 0) is 5.41 Å². The number of rotatable bonds is 6. The zero-order chi connectivity index (χ0) is 31.7. The highest BCUT2D eigenvalue weighted by Gasteiger charge is 2.31. The molecule has 9 heteroatoms. The minimum Gasteiger partial charge on any atom is -0.483 e. The number of hydrogen-bond donors (Lipinski definition) is 4. The molecule has 6 rings (SSSR count). The Morgan fingerprint density at radius 3 is 2.42 bits per heavy atom. The molecule has 2 heterocycles. The number of urea groups is 1. The van der Waals surface area contributed by atoms with E-state index in [-0.39, 0.29) is 29.5 Å². The molecule has 0 aliphatic heterocycles. The van der Waals surface area contributed by atoms with Crippen molar-refractivity contribution in [1.29, 1.82) is 5.41 Å². The van der Waals surface area contributed by atoms with Crippen LogP contribution >= 0.6 is 0 Å². The van der Waals surface area contributed by atoms with Crippen LogP contribution in [0.5, 0.6) is 5.75 Å². The van der Waals surface area contributed by atoms with Gasteiger partial charge in [-0.3, -0.25) is 5.32 Å². The van der Waals surface area contributed by atoms with Crippen LogP contribution < -0.4 is 25.7 Å². The van der Waals surface area contributed by atoms with Crippen LogP contribution in [0.4, 0.5) is 16.4 Å². The molecule has 5 N–H and O–H groups in total. The fourth-order valence-corrected chi connectivity index (χ4v) is 6.38. The van der Waals surface area contributed by atoms with Crippen LogP contribution in [0, 0.1) is 18.3 Å². The van der Waals surface area contributed by atoms with Gasteiger partial charge in [0.1, 0.15) is 18.1 Å². The summed E-state index contributed by atoms with van der Waals surface area (Å²) in [5, 5.41) is 19.9. The summed E-state index contributed by atoms with van der Waals surface area (Å²) in [6.07, 6.45) is 7.47. The fraction of sp³-hybridized carbons (Fsp3) is 0.389. The first kappa shape index (κ1) is 30.4. The molecule has 2 amide bonds. The molecule has 2 aromatic heterocycles. The van der Waals surface area contributed by atoms with Crippen LogP contribution in [0.15, 0.2) is 72.9 Å². The van der Waals surface area contributed by atoms with Gasteiger partial charge < -0.3 is 15.8 Å². The standard InChI is InChI=1S/C36H43N7O2/c1-23-13-15-25(16-14-23)43-33(21-31(41-43)36(2,3)4)40-35(44)39-29-18-19-30(28-12-8-7-11-27(28)29)45-26-17-20-32(37)42(22-26)34(38)24-9-5-6-10-24/h7-8,11-17,20-22,24,29-30,37-38H,5-6,9-10,18-19H2,1-4H3,(H2,39,40,41,44)/p+1/t29-,30+/m0/s1. The van der Waals surface area contributed by atoms with Crippen molar-refractivity contribution in [3.05, 3.63) is 95.3 Å². The SMILES string of the molecule is Cc1ccc(-n2nc(C(C)(C)C)cc2NC(=O)N[C@H]2CC[C@@H](Oc3ccc(N)[n+](C(=N)C4CCCC4)c3)c3ccccc32)cc1. The van der Waals surface area contributed by atoms with E-state index >= 15 is 0 Å². The van der Waals surface area contributed by atoms with Gasteiger partial charge in [-0.25, -0.2) is 14.0 Å². The zero-order valence-electron chi connectivity index (χ0n) is 26.6. The lowest BCUT2D eigenvalue weighted by Gasteiger charge is -2.32. The number of nitrogens with two attached hydrogens (primary N) is 1. The van der Waals surface area contributed by atoms with Gasteiger partial charge in [0.15, 0.2) is 5.75 Å². The number of nitrogen functional groups attached to an aromatic ring is 1. The summed E-state index contributed by atoms with van der Waals surface area (Å²) < 4.78 is 10.1. The fourth-order valence-electron chi connectivity index (χ4n) is 6.38. The number of ether oxygens (including phenoxy) is 1. The Morgan fingerprint density at radius 2 is 1.71 bits per heavy atom. The number of nitrogens with zero attached hydrogens (tertiary/aromatic N) is 3. The van der Waals surface area contributed by atoms with E-state index in [0.717, 1.165) is 60.2 Å². The van der Waals surface area contributed by atoms with Gasteiger partial charge in [-0.2, -0.15) is 10.5 Å². The highest BCUT2D eigenvalue weighted by molar-refractivity contribution is 5.89. The molecule has 9 nitrogen and oxygen atoms in total. The molecule has 45 heavy (non-hydrogen) atoms. The minimum absolute atomic E-state index is 0.175. The maximum Gasteiger partial charge on any atom is 0.320 e. The van der Waals surface area contributed by atoms with Crippen molar-refractivity contribution in [3.8, 4) is 11.4 Å². The third-order valence-corrected chi connectivity index (χ3v) is 8.97. The van der Waals surface area contributed by atoms with Crippen LogP contribution in [-0.4, -0.2) is 21.6 Å². The Bertz CT molecular complexity index is 1700. The first-order valence-corrected chi connectivity index (χ1v) is 16.0. The number of aromatic nitrogens is 3. The summed E-state index contributed by atoms with van der Waals surface area (Å²) in [6, 6.07) is 21.4. The second-order valence-corrected chi connectivity index (χ2v) is 13.4. The number of aryl methyl sites for hydroxylation is 1.